The Bertz CT molecular complexity index is 1120. The number of carbonyl (C=O) groups is 2. The summed E-state index contributed by atoms with van der Waals surface area (Å²) in [7, 11) is -3.67. The van der Waals surface area contributed by atoms with E-state index >= 15 is 0 Å². The van der Waals surface area contributed by atoms with E-state index < -0.39 is 28.5 Å². The zero-order chi connectivity index (χ0) is 21.7. The van der Waals surface area contributed by atoms with Crippen LogP contribution in [0.3, 0.4) is 0 Å². The third-order valence-corrected chi connectivity index (χ3v) is 6.69. The molecule has 1 heterocycles. The number of benzene rings is 2. The molecule has 1 fully saturated rings. The molecule has 8 nitrogen and oxygen atoms in total. The van der Waals surface area contributed by atoms with Crippen molar-refractivity contribution in [2.45, 2.75) is 17.7 Å². The van der Waals surface area contributed by atoms with Crippen LogP contribution in [0, 0.1) is 11.3 Å². The van der Waals surface area contributed by atoms with Gasteiger partial charge in [0.1, 0.15) is 6.07 Å². The monoisotopic (exact) mass is 447 g/mol. The van der Waals surface area contributed by atoms with Gasteiger partial charge >= 0.3 is 5.97 Å². The third-order valence-electron chi connectivity index (χ3n) is 4.48. The smallest absolute Gasteiger partial charge is 0.338 e. The van der Waals surface area contributed by atoms with Crippen molar-refractivity contribution in [3.8, 4) is 6.07 Å². The average molecular weight is 448 g/mol. The first-order chi connectivity index (χ1) is 14.3. The van der Waals surface area contributed by atoms with Crippen LogP contribution in [0.2, 0.25) is 5.02 Å². The van der Waals surface area contributed by atoms with Gasteiger partial charge in [0.15, 0.2) is 6.61 Å². The molecule has 1 N–H and O–H groups in total. The van der Waals surface area contributed by atoms with Gasteiger partial charge in [0.05, 0.1) is 21.0 Å². The van der Waals surface area contributed by atoms with E-state index in [2.05, 4.69) is 5.32 Å². The third kappa shape index (κ3) is 4.97. The Balaban J connectivity index is 1.62. The molecule has 1 amide bonds. The SMILES string of the molecule is N#Cc1ccc(NC(=O)COC(=O)c2cccc(S(=O)(=O)N3CCCC3)c2)cc1Cl. The number of anilines is 1. The van der Waals surface area contributed by atoms with Crippen LogP contribution >= 0.6 is 11.6 Å². The maximum atomic E-state index is 12.6. The number of nitrogens with zero attached hydrogens (tertiary/aromatic N) is 2. The first-order valence-electron chi connectivity index (χ1n) is 9.08. The first-order valence-corrected chi connectivity index (χ1v) is 10.9. The maximum absolute atomic E-state index is 12.6. The van der Waals surface area contributed by atoms with Gasteiger partial charge in [-0.1, -0.05) is 17.7 Å². The highest BCUT2D eigenvalue weighted by Crippen LogP contribution is 2.22. The molecule has 10 heteroatoms. The number of esters is 1. The molecule has 156 valence electrons. The zero-order valence-corrected chi connectivity index (χ0v) is 17.4. The second-order valence-corrected chi connectivity index (χ2v) is 8.91. The molecule has 0 unspecified atom stereocenters. The van der Waals surface area contributed by atoms with Crippen LogP contribution in [0.25, 0.3) is 0 Å². The molecule has 30 heavy (non-hydrogen) atoms. The van der Waals surface area contributed by atoms with Crippen LogP contribution in [0.5, 0.6) is 0 Å². The Morgan fingerprint density at radius 3 is 2.57 bits per heavy atom. The van der Waals surface area contributed by atoms with Crippen molar-refractivity contribution in [1.82, 2.24) is 4.31 Å². The van der Waals surface area contributed by atoms with E-state index in [0.29, 0.717) is 18.8 Å². The van der Waals surface area contributed by atoms with Gasteiger partial charge in [-0.15, -0.1) is 0 Å². The zero-order valence-electron chi connectivity index (χ0n) is 15.8. The van der Waals surface area contributed by atoms with Gasteiger partial charge in [0.2, 0.25) is 10.0 Å². The lowest BCUT2D eigenvalue weighted by atomic mass is 10.2. The maximum Gasteiger partial charge on any atom is 0.338 e. The van der Waals surface area contributed by atoms with Crippen molar-refractivity contribution in [3.63, 3.8) is 0 Å². The lowest BCUT2D eigenvalue weighted by Gasteiger charge is -2.15. The Hall–Kier alpha value is -2.93. The second-order valence-electron chi connectivity index (χ2n) is 6.57. The summed E-state index contributed by atoms with van der Waals surface area (Å²) in [6.07, 6.45) is 1.61. The summed E-state index contributed by atoms with van der Waals surface area (Å²) in [5, 5.41) is 11.5. The molecule has 1 aliphatic rings. The molecule has 0 bridgehead atoms. The Labute approximate surface area is 179 Å². The van der Waals surface area contributed by atoms with E-state index in [1.165, 1.54) is 46.8 Å². The molecule has 0 spiro atoms. The Morgan fingerprint density at radius 1 is 1.17 bits per heavy atom. The highest BCUT2D eigenvalue weighted by atomic mass is 35.5. The molecule has 1 aliphatic heterocycles. The van der Waals surface area contributed by atoms with Crippen molar-refractivity contribution in [2.24, 2.45) is 0 Å². The molecule has 0 aliphatic carbocycles. The Morgan fingerprint density at radius 2 is 1.90 bits per heavy atom. The highest BCUT2D eigenvalue weighted by molar-refractivity contribution is 7.89. The minimum Gasteiger partial charge on any atom is -0.452 e. The molecule has 0 aromatic heterocycles. The highest BCUT2D eigenvalue weighted by Gasteiger charge is 2.27. The lowest BCUT2D eigenvalue weighted by molar-refractivity contribution is -0.119. The van der Waals surface area contributed by atoms with Crippen molar-refractivity contribution in [2.75, 3.05) is 25.0 Å². The molecule has 2 aromatic carbocycles. The van der Waals surface area contributed by atoms with Crippen molar-refractivity contribution in [1.29, 1.82) is 5.26 Å². The molecule has 1 saturated heterocycles. The van der Waals surface area contributed by atoms with Gasteiger partial charge in [0, 0.05) is 18.8 Å². The van der Waals surface area contributed by atoms with Gasteiger partial charge in [-0.3, -0.25) is 4.79 Å². The van der Waals surface area contributed by atoms with Crippen molar-refractivity contribution < 1.29 is 22.7 Å². The fraction of sp³-hybridized carbons (Fsp3) is 0.250. The minimum absolute atomic E-state index is 0.00975. The van der Waals surface area contributed by atoms with E-state index in [0.717, 1.165) is 12.8 Å². The summed E-state index contributed by atoms with van der Waals surface area (Å²) in [6.45, 7) is 0.340. The summed E-state index contributed by atoms with van der Waals surface area (Å²) >= 11 is 5.91. The first kappa shape index (κ1) is 21.8. The average Bonchev–Trinajstić information content (AvgIpc) is 3.28. The largest absolute Gasteiger partial charge is 0.452 e. The molecule has 3 rings (SSSR count). The Kier molecular flexibility index (Phi) is 6.72. The molecule has 2 aromatic rings. The standard InChI is InChI=1S/C20H18ClN3O5S/c21-18-11-16(7-6-15(18)12-22)23-19(25)13-29-20(26)14-4-3-5-17(10-14)30(27,28)24-8-1-2-9-24/h3-7,10-11H,1-2,8-9,13H2,(H,23,25). The summed E-state index contributed by atoms with van der Waals surface area (Å²) in [6, 6.07) is 11.8. The number of amides is 1. The lowest BCUT2D eigenvalue weighted by Crippen LogP contribution is -2.28. The summed E-state index contributed by atoms with van der Waals surface area (Å²) in [4.78, 5) is 24.3. The van der Waals surface area contributed by atoms with Crippen LogP contribution in [0.1, 0.15) is 28.8 Å². The van der Waals surface area contributed by atoms with Crippen LogP contribution < -0.4 is 5.32 Å². The quantitative estimate of drug-likeness (QED) is 0.680. The van der Waals surface area contributed by atoms with Crippen LogP contribution in [0.4, 0.5) is 5.69 Å². The fourth-order valence-electron chi connectivity index (χ4n) is 2.96. The molecular weight excluding hydrogens is 430 g/mol. The van der Waals surface area contributed by atoms with Crippen molar-refractivity contribution >= 4 is 39.2 Å². The fourth-order valence-corrected chi connectivity index (χ4v) is 4.74. The number of ether oxygens (including phenoxy) is 1. The van der Waals surface area contributed by atoms with E-state index in [4.69, 9.17) is 21.6 Å². The number of carbonyl (C=O) groups excluding carboxylic acids is 2. The van der Waals surface area contributed by atoms with Gasteiger partial charge in [-0.2, -0.15) is 9.57 Å². The van der Waals surface area contributed by atoms with E-state index in [1.54, 1.807) is 0 Å². The normalized spacial score (nSPS) is 14.1. The number of rotatable bonds is 6. The predicted molar refractivity (Wildman–Crippen MR) is 110 cm³/mol. The van der Waals surface area contributed by atoms with E-state index in [-0.39, 0.29) is 21.0 Å². The number of nitrogens with one attached hydrogen (secondary N) is 1. The van der Waals surface area contributed by atoms with Gasteiger partial charge in [0.25, 0.3) is 5.91 Å². The van der Waals surface area contributed by atoms with E-state index in [9.17, 15) is 18.0 Å². The van der Waals surface area contributed by atoms with Crippen LogP contribution in [-0.2, 0) is 19.6 Å². The molecule has 0 radical (unpaired) electrons. The summed E-state index contributed by atoms with van der Waals surface area (Å²) in [5.41, 5.74) is 0.646. The number of nitriles is 1. The molecule has 0 saturated carbocycles. The van der Waals surface area contributed by atoms with Crippen molar-refractivity contribution in [3.05, 3.63) is 58.6 Å². The summed E-state index contributed by atoms with van der Waals surface area (Å²) in [5.74, 6) is -1.42. The molecular formula is C20H18ClN3O5S. The topological polar surface area (TPSA) is 117 Å². The van der Waals surface area contributed by atoms with Gasteiger partial charge in [-0.25, -0.2) is 13.2 Å². The minimum atomic E-state index is -3.67. The number of sulfonamides is 1. The van der Waals surface area contributed by atoms with Gasteiger partial charge in [-0.05, 0) is 49.2 Å². The van der Waals surface area contributed by atoms with Gasteiger partial charge < -0.3 is 10.1 Å². The molecule has 0 atom stereocenters. The number of hydrogen-bond donors (Lipinski definition) is 1. The van der Waals surface area contributed by atoms with Crippen LogP contribution in [0.15, 0.2) is 47.4 Å². The predicted octanol–water partition coefficient (Wildman–Crippen LogP) is 2.79. The number of hydrogen-bond acceptors (Lipinski definition) is 6. The number of halogens is 1. The second kappa shape index (κ2) is 9.26. The summed E-state index contributed by atoms with van der Waals surface area (Å²) < 4.78 is 31.6. The van der Waals surface area contributed by atoms with E-state index in [1.807, 2.05) is 6.07 Å². The van der Waals surface area contributed by atoms with Crippen LogP contribution in [-0.4, -0.2) is 44.3 Å².